The summed E-state index contributed by atoms with van der Waals surface area (Å²) in [6, 6.07) is 8.71. The van der Waals surface area contributed by atoms with Crippen molar-refractivity contribution in [2.24, 2.45) is 22.4 Å². The lowest BCUT2D eigenvalue weighted by Gasteiger charge is -2.31. The number of aromatic hydroxyl groups is 1. The number of unbranched alkanes of at least 4 members (excludes halogenated alkanes) is 2. The molecule has 1 amide bonds. The third kappa shape index (κ3) is 10.9. The first-order valence-electron chi connectivity index (χ1n) is 13.8. The Bertz CT molecular complexity index is 1020. The average molecular weight is 526 g/mol. The van der Waals surface area contributed by atoms with Gasteiger partial charge in [0.2, 0.25) is 5.91 Å². The number of hydrogen-bond acceptors (Lipinski definition) is 8. The number of para-hydroxylation sites is 1. The van der Waals surface area contributed by atoms with E-state index in [1.165, 1.54) is 6.20 Å². The Kier molecular flexibility index (Phi) is 16.1. The van der Waals surface area contributed by atoms with Crippen LogP contribution >= 0.6 is 0 Å². The SMILES string of the molecule is CC.CC.N/C=C(\C=NCC1CCN(CCCCCC(N)=O)CC1)c1cc(-c2ccccc2O)nnc1N. The number of carbonyl (C=O) groups excluding carboxylic acids is 1. The summed E-state index contributed by atoms with van der Waals surface area (Å²) in [5.74, 6) is 0.696. The minimum absolute atomic E-state index is 0.122. The summed E-state index contributed by atoms with van der Waals surface area (Å²) in [6.07, 6.45) is 8.93. The first-order chi connectivity index (χ1) is 18.5. The number of nitrogens with zero attached hydrogens (tertiary/aromatic N) is 4. The van der Waals surface area contributed by atoms with E-state index < -0.39 is 0 Å². The molecular formula is C29H47N7O2. The molecule has 2 aromatic rings. The number of primary amides is 1. The van der Waals surface area contributed by atoms with Gasteiger partial charge in [0.15, 0.2) is 5.82 Å². The van der Waals surface area contributed by atoms with Gasteiger partial charge in [-0.3, -0.25) is 9.79 Å². The van der Waals surface area contributed by atoms with E-state index in [1.54, 1.807) is 30.5 Å². The molecule has 0 saturated carbocycles. The number of aromatic nitrogens is 2. The van der Waals surface area contributed by atoms with Crippen LogP contribution in [0.15, 0.2) is 41.5 Å². The molecule has 0 atom stereocenters. The second-order valence-corrected chi connectivity index (χ2v) is 8.72. The molecule has 0 radical (unpaired) electrons. The summed E-state index contributed by atoms with van der Waals surface area (Å²) < 4.78 is 0. The van der Waals surface area contributed by atoms with E-state index in [1.807, 2.05) is 33.8 Å². The molecular weight excluding hydrogens is 478 g/mol. The Balaban J connectivity index is 0.00000172. The van der Waals surface area contributed by atoms with Gasteiger partial charge >= 0.3 is 0 Å². The number of amides is 1. The van der Waals surface area contributed by atoms with Gasteiger partial charge in [-0.2, -0.15) is 0 Å². The van der Waals surface area contributed by atoms with Crippen molar-refractivity contribution in [1.29, 1.82) is 0 Å². The van der Waals surface area contributed by atoms with E-state index in [0.717, 1.165) is 58.3 Å². The highest BCUT2D eigenvalue weighted by molar-refractivity contribution is 6.11. The Hall–Kier alpha value is -3.46. The van der Waals surface area contributed by atoms with E-state index >= 15 is 0 Å². The Morgan fingerprint density at radius 2 is 1.79 bits per heavy atom. The van der Waals surface area contributed by atoms with Crippen LogP contribution in [0.3, 0.4) is 0 Å². The smallest absolute Gasteiger partial charge is 0.217 e. The number of allylic oxidation sites excluding steroid dienone is 1. The molecule has 1 aliphatic rings. The maximum Gasteiger partial charge on any atom is 0.217 e. The minimum Gasteiger partial charge on any atom is -0.507 e. The number of aliphatic imine (C=N–C) groups is 1. The predicted octanol–water partition coefficient (Wildman–Crippen LogP) is 4.61. The van der Waals surface area contributed by atoms with Crippen molar-refractivity contribution in [2.75, 3.05) is 31.9 Å². The third-order valence-electron chi connectivity index (χ3n) is 6.19. The van der Waals surface area contributed by atoms with Crippen LogP contribution in [-0.4, -0.2) is 58.5 Å². The Morgan fingerprint density at radius 1 is 1.11 bits per heavy atom. The first kappa shape index (κ1) is 32.6. The van der Waals surface area contributed by atoms with Gasteiger partial charge in [0.25, 0.3) is 0 Å². The van der Waals surface area contributed by atoms with E-state index in [9.17, 15) is 9.90 Å². The summed E-state index contributed by atoms with van der Waals surface area (Å²) in [4.78, 5) is 17.9. The van der Waals surface area contributed by atoms with Crippen molar-refractivity contribution in [3.05, 3.63) is 42.1 Å². The fraction of sp³-hybridized carbons (Fsp3) is 0.517. The van der Waals surface area contributed by atoms with Gasteiger partial charge in [-0.1, -0.05) is 46.2 Å². The number of phenolic OH excluding ortho intramolecular Hbond substituents is 1. The lowest BCUT2D eigenvalue weighted by molar-refractivity contribution is -0.118. The van der Waals surface area contributed by atoms with Gasteiger partial charge in [0.05, 0.1) is 5.69 Å². The molecule has 0 aliphatic carbocycles. The number of likely N-dealkylation sites (tertiary alicyclic amines) is 1. The first-order valence-corrected chi connectivity index (χ1v) is 13.8. The molecule has 9 heteroatoms. The summed E-state index contributed by atoms with van der Waals surface area (Å²) in [6.45, 7) is 11.9. The maximum atomic E-state index is 10.8. The number of nitrogens with two attached hydrogens (primary N) is 3. The number of rotatable bonds is 11. The van der Waals surface area contributed by atoms with Crippen LogP contribution in [-0.2, 0) is 4.79 Å². The second kappa shape index (κ2) is 18.7. The van der Waals surface area contributed by atoms with Crippen LogP contribution in [0.1, 0.15) is 71.8 Å². The monoisotopic (exact) mass is 525 g/mol. The molecule has 7 N–H and O–H groups in total. The van der Waals surface area contributed by atoms with Crippen molar-refractivity contribution in [2.45, 2.75) is 66.2 Å². The van der Waals surface area contributed by atoms with Crippen LogP contribution in [0.2, 0.25) is 0 Å². The fourth-order valence-corrected chi connectivity index (χ4v) is 4.16. The number of piperidine rings is 1. The summed E-state index contributed by atoms with van der Waals surface area (Å²) in [5, 5.41) is 18.3. The lowest BCUT2D eigenvalue weighted by atomic mass is 9.96. The van der Waals surface area contributed by atoms with Crippen molar-refractivity contribution in [3.63, 3.8) is 0 Å². The Labute approximate surface area is 228 Å². The summed E-state index contributed by atoms with van der Waals surface area (Å²) in [7, 11) is 0. The number of benzene rings is 1. The number of anilines is 1. The molecule has 2 heterocycles. The van der Waals surface area contributed by atoms with Crippen LogP contribution in [0, 0.1) is 5.92 Å². The van der Waals surface area contributed by atoms with Crippen molar-refractivity contribution in [1.82, 2.24) is 15.1 Å². The summed E-state index contributed by atoms with van der Waals surface area (Å²) in [5.41, 5.74) is 19.5. The number of carbonyl (C=O) groups is 1. The lowest BCUT2D eigenvalue weighted by Crippen LogP contribution is -2.35. The largest absolute Gasteiger partial charge is 0.507 e. The van der Waals surface area contributed by atoms with Gasteiger partial charge < -0.3 is 27.2 Å². The fourth-order valence-electron chi connectivity index (χ4n) is 4.16. The van der Waals surface area contributed by atoms with Crippen LogP contribution in [0.4, 0.5) is 5.82 Å². The maximum absolute atomic E-state index is 10.8. The molecule has 210 valence electrons. The zero-order chi connectivity index (χ0) is 28.3. The highest BCUT2D eigenvalue weighted by atomic mass is 16.3. The molecule has 1 aromatic carbocycles. The van der Waals surface area contributed by atoms with Crippen molar-refractivity contribution >= 4 is 23.5 Å². The van der Waals surface area contributed by atoms with Gasteiger partial charge in [-0.15, -0.1) is 10.2 Å². The van der Waals surface area contributed by atoms with Gasteiger partial charge in [-0.05, 0) is 69.4 Å². The molecule has 0 bridgehead atoms. The minimum atomic E-state index is -0.215. The van der Waals surface area contributed by atoms with Crippen molar-refractivity contribution in [3.8, 4) is 17.0 Å². The van der Waals surface area contributed by atoms with Crippen LogP contribution in [0.5, 0.6) is 5.75 Å². The average Bonchev–Trinajstić information content (AvgIpc) is 2.95. The zero-order valence-electron chi connectivity index (χ0n) is 23.6. The number of phenols is 1. The molecule has 0 spiro atoms. The molecule has 9 nitrogen and oxygen atoms in total. The quantitative estimate of drug-likeness (QED) is 0.246. The van der Waals surface area contributed by atoms with Crippen molar-refractivity contribution < 1.29 is 9.90 Å². The molecule has 0 unspecified atom stereocenters. The predicted molar refractivity (Wildman–Crippen MR) is 159 cm³/mol. The van der Waals surface area contributed by atoms with Crippen LogP contribution in [0.25, 0.3) is 16.8 Å². The van der Waals surface area contributed by atoms with E-state index in [4.69, 9.17) is 17.2 Å². The van der Waals surface area contributed by atoms with E-state index in [-0.39, 0.29) is 17.5 Å². The number of hydrogen-bond donors (Lipinski definition) is 4. The van der Waals surface area contributed by atoms with Crippen LogP contribution < -0.4 is 17.2 Å². The van der Waals surface area contributed by atoms with E-state index in [0.29, 0.717) is 34.7 Å². The van der Waals surface area contributed by atoms with Gasteiger partial charge in [0.1, 0.15) is 5.75 Å². The number of nitrogen functional groups attached to an aromatic ring is 1. The second-order valence-electron chi connectivity index (χ2n) is 8.72. The summed E-state index contributed by atoms with van der Waals surface area (Å²) >= 11 is 0. The Morgan fingerprint density at radius 3 is 2.42 bits per heavy atom. The van der Waals surface area contributed by atoms with E-state index in [2.05, 4.69) is 20.1 Å². The van der Waals surface area contributed by atoms with Gasteiger partial charge in [0, 0.05) is 42.1 Å². The zero-order valence-corrected chi connectivity index (χ0v) is 23.6. The molecule has 1 saturated heterocycles. The standard InChI is InChI=1S/C25H35N7O2.2C2H6/c26-15-19(21-14-22(30-31-25(21)28)20-6-3-4-7-23(20)33)17-29-16-18-9-12-32(13-10-18)11-5-1-2-8-24(27)34;2*1-2/h3-4,6-7,14-15,17-18,33H,1-2,5,8-13,16,26H2,(H2,27,34)(H2,28,31);2*1-2H3/b19-15+,29-17?;;. The molecule has 3 rings (SSSR count). The third-order valence-corrected chi connectivity index (χ3v) is 6.19. The molecule has 1 aromatic heterocycles. The molecule has 38 heavy (non-hydrogen) atoms. The highest BCUT2D eigenvalue weighted by Crippen LogP contribution is 2.29. The molecule has 1 fully saturated rings. The topological polar surface area (TPSA) is 157 Å². The van der Waals surface area contributed by atoms with Gasteiger partial charge in [-0.25, -0.2) is 0 Å². The highest BCUT2D eigenvalue weighted by Gasteiger charge is 2.18. The normalized spacial score (nSPS) is 14.4. The molecule has 1 aliphatic heterocycles.